The van der Waals surface area contributed by atoms with Crippen molar-refractivity contribution in [1.29, 1.82) is 0 Å². The standard InChI is InChI=1S/C10H13F3/c1-3-8-5-4-7(2)6-9(8)10(11,12)13/h5-7H,3-4H2,1-2H3. The Kier molecular flexibility index (Phi) is 2.84. The molecule has 0 nitrogen and oxygen atoms in total. The molecule has 0 saturated carbocycles. The van der Waals surface area contributed by atoms with Gasteiger partial charge < -0.3 is 0 Å². The first-order chi connectivity index (χ1) is 5.95. The highest BCUT2D eigenvalue weighted by atomic mass is 19.4. The molecule has 1 unspecified atom stereocenters. The Bertz CT molecular complexity index is 245. The predicted octanol–water partition coefficient (Wildman–Crippen LogP) is 3.85. The Labute approximate surface area is 76.1 Å². The van der Waals surface area contributed by atoms with Crippen molar-refractivity contribution >= 4 is 0 Å². The second kappa shape index (κ2) is 3.56. The van der Waals surface area contributed by atoms with Crippen LogP contribution in [0.1, 0.15) is 26.7 Å². The van der Waals surface area contributed by atoms with Gasteiger partial charge in [0.1, 0.15) is 0 Å². The summed E-state index contributed by atoms with van der Waals surface area (Å²) >= 11 is 0. The van der Waals surface area contributed by atoms with Crippen LogP contribution in [0.3, 0.4) is 0 Å². The number of hydrogen-bond donors (Lipinski definition) is 0. The van der Waals surface area contributed by atoms with E-state index in [4.69, 9.17) is 0 Å². The molecule has 0 aromatic rings. The topological polar surface area (TPSA) is 0 Å². The number of alkyl halides is 3. The molecule has 0 saturated heterocycles. The van der Waals surface area contributed by atoms with E-state index in [2.05, 4.69) is 0 Å². The lowest BCUT2D eigenvalue weighted by molar-refractivity contribution is -0.0903. The van der Waals surface area contributed by atoms with Crippen LogP contribution < -0.4 is 0 Å². The monoisotopic (exact) mass is 190 g/mol. The van der Waals surface area contributed by atoms with Crippen LogP contribution in [-0.4, -0.2) is 6.18 Å². The third kappa shape index (κ3) is 2.36. The smallest absolute Gasteiger partial charge is 0.166 e. The van der Waals surface area contributed by atoms with E-state index in [1.165, 1.54) is 6.08 Å². The average Bonchev–Trinajstić information content (AvgIpc) is 2.03. The second-order valence-electron chi connectivity index (χ2n) is 3.37. The van der Waals surface area contributed by atoms with Gasteiger partial charge in [-0.3, -0.25) is 0 Å². The van der Waals surface area contributed by atoms with Gasteiger partial charge in [-0.1, -0.05) is 26.0 Å². The van der Waals surface area contributed by atoms with Gasteiger partial charge in [-0.2, -0.15) is 13.2 Å². The molecule has 0 aromatic carbocycles. The maximum Gasteiger partial charge on any atom is 0.416 e. The highest BCUT2D eigenvalue weighted by Gasteiger charge is 2.36. The fraction of sp³-hybridized carbons (Fsp3) is 0.600. The Morgan fingerprint density at radius 3 is 2.54 bits per heavy atom. The molecule has 13 heavy (non-hydrogen) atoms. The van der Waals surface area contributed by atoms with Crippen molar-refractivity contribution in [2.75, 3.05) is 0 Å². The lowest BCUT2D eigenvalue weighted by atomic mass is 9.90. The minimum atomic E-state index is -4.18. The minimum absolute atomic E-state index is 0.00641. The van der Waals surface area contributed by atoms with Crippen LogP contribution in [0.2, 0.25) is 0 Å². The summed E-state index contributed by atoms with van der Waals surface area (Å²) in [5.41, 5.74) is -0.000602. The van der Waals surface area contributed by atoms with Crippen LogP contribution in [0.15, 0.2) is 23.3 Å². The second-order valence-corrected chi connectivity index (χ2v) is 3.37. The number of hydrogen-bond acceptors (Lipinski definition) is 0. The molecule has 1 atom stereocenters. The van der Waals surface area contributed by atoms with Crippen LogP contribution >= 0.6 is 0 Å². The average molecular weight is 190 g/mol. The summed E-state index contributed by atoms with van der Waals surface area (Å²) < 4.78 is 37.3. The molecule has 1 aliphatic carbocycles. The third-order valence-electron chi connectivity index (χ3n) is 2.22. The highest BCUT2D eigenvalue weighted by Crippen LogP contribution is 2.36. The largest absolute Gasteiger partial charge is 0.416 e. The van der Waals surface area contributed by atoms with Crippen LogP contribution in [-0.2, 0) is 0 Å². The molecule has 0 fully saturated rings. The fourth-order valence-electron chi connectivity index (χ4n) is 1.51. The lowest BCUT2D eigenvalue weighted by Crippen LogP contribution is -2.17. The lowest BCUT2D eigenvalue weighted by Gasteiger charge is -2.20. The van der Waals surface area contributed by atoms with E-state index in [1.807, 2.05) is 0 Å². The van der Waals surface area contributed by atoms with Gasteiger partial charge in [0.25, 0.3) is 0 Å². The van der Waals surface area contributed by atoms with Crippen molar-refractivity contribution in [3.63, 3.8) is 0 Å². The van der Waals surface area contributed by atoms with Crippen molar-refractivity contribution in [3.05, 3.63) is 23.3 Å². The van der Waals surface area contributed by atoms with Crippen LogP contribution in [0.25, 0.3) is 0 Å². The zero-order chi connectivity index (χ0) is 10.1. The van der Waals surface area contributed by atoms with Gasteiger partial charge in [-0.05, 0) is 24.3 Å². The maximum atomic E-state index is 12.4. The SMILES string of the molecule is CCC1=CCC(C)C=C1C(F)(F)F. The van der Waals surface area contributed by atoms with Gasteiger partial charge in [0.2, 0.25) is 0 Å². The fourth-order valence-corrected chi connectivity index (χ4v) is 1.51. The molecule has 0 spiro atoms. The van der Waals surface area contributed by atoms with Crippen LogP contribution in [0, 0.1) is 5.92 Å². The first-order valence-corrected chi connectivity index (χ1v) is 4.43. The molecule has 0 bridgehead atoms. The van der Waals surface area contributed by atoms with Gasteiger partial charge in [0, 0.05) is 0 Å². The van der Waals surface area contributed by atoms with E-state index < -0.39 is 11.7 Å². The molecular formula is C10H13F3. The van der Waals surface area contributed by atoms with Gasteiger partial charge in [-0.15, -0.1) is 0 Å². The molecule has 0 aliphatic heterocycles. The number of rotatable bonds is 1. The highest BCUT2D eigenvalue weighted by molar-refractivity contribution is 5.37. The maximum absolute atomic E-state index is 12.4. The molecule has 0 amide bonds. The molecule has 0 N–H and O–H groups in total. The summed E-state index contributed by atoms with van der Waals surface area (Å²) in [5, 5.41) is 0. The molecular weight excluding hydrogens is 177 g/mol. The predicted molar refractivity (Wildman–Crippen MR) is 46.3 cm³/mol. The first kappa shape index (κ1) is 10.4. The molecule has 74 valence electrons. The summed E-state index contributed by atoms with van der Waals surface area (Å²) in [4.78, 5) is 0. The molecule has 0 radical (unpaired) electrons. The van der Waals surface area contributed by atoms with Crippen molar-refractivity contribution in [1.82, 2.24) is 0 Å². The third-order valence-corrected chi connectivity index (χ3v) is 2.22. The zero-order valence-corrected chi connectivity index (χ0v) is 7.78. The Hall–Kier alpha value is -0.730. The Balaban J connectivity index is 2.96. The zero-order valence-electron chi connectivity index (χ0n) is 7.78. The quantitative estimate of drug-likeness (QED) is 0.589. The van der Waals surface area contributed by atoms with Crippen LogP contribution in [0.5, 0.6) is 0 Å². The number of allylic oxidation sites excluding steroid dienone is 4. The van der Waals surface area contributed by atoms with Gasteiger partial charge in [0.15, 0.2) is 0 Å². The molecule has 1 rings (SSSR count). The van der Waals surface area contributed by atoms with Crippen molar-refractivity contribution < 1.29 is 13.2 Å². The molecule has 0 heterocycles. The van der Waals surface area contributed by atoms with Gasteiger partial charge in [-0.25, -0.2) is 0 Å². The Morgan fingerprint density at radius 2 is 2.08 bits per heavy atom. The van der Waals surface area contributed by atoms with E-state index in [9.17, 15) is 13.2 Å². The van der Waals surface area contributed by atoms with E-state index in [1.54, 1.807) is 19.9 Å². The molecule has 1 aliphatic rings. The number of halogens is 3. The summed E-state index contributed by atoms with van der Waals surface area (Å²) in [6.07, 6.45) is 0.0314. The summed E-state index contributed by atoms with van der Waals surface area (Å²) in [6.45, 7) is 3.55. The van der Waals surface area contributed by atoms with Crippen LogP contribution in [0.4, 0.5) is 13.2 Å². The molecule has 3 heteroatoms. The van der Waals surface area contributed by atoms with Crippen molar-refractivity contribution in [2.45, 2.75) is 32.9 Å². The van der Waals surface area contributed by atoms with E-state index >= 15 is 0 Å². The first-order valence-electron chi connectivity index (χ1n) is 4.43. The van der Waals surface area contributed by atoms with Gasteiger partial charge >= 0.3 is 6.18 Å². The summed E-state index contributed by atoms with van der Waals surface area (Å²) in [7, 11) is 0. The summed E-state index contributed by atoms with van der Waals surface area (Å²) in [5.74, 6) is 0.00641. The molecule has 0 aromatic heterocycles. The van der Waals surface area contributed by atoms with E-state index in [-0.39, 0.29) is 5.92 Å². The van der Waals surface area contributed by atoms with Gasteiger partial charge in [0.05, 0.1) is 5.57 Å². The minimum Gasteiger partial charge on any atom is -0.166 e. The summed E-state index contributed by atoms with van der Waals surface area (Å²) in [6, 6.07) is 0. The Morgan fingerprint density at radius 1 is 1.46 bits per heavy atom. The van der Waals surface area contributed by atoms with Crippen molar-refractivity contribution in [2.24, 2.45) is 5.92 Å². The normalized spacial score (nSPS) is 23.9. The van der Waals surface area contributed by atoms with E-state index in [0.717, 1.165) is 6.42 Å². The van der Waals surface area contributed by atoms with Crippen molar-refractivity contribution in [3.8, 4) is 0 Å². The van der Waals surface area contributed by atoms with E-state index in [0.29, 0.717) is 12.0 Å².